The second kappa shape index (κ2) is 8.46. The average Bonchev–Trinajstić information content (AvgIpc) is 3.02. The molecule has 0 bridgehead atoms. The van der Waals surface area contributed by atoms with Gasteiger partial charge in [0.25, 0.3) is 10.0 Å². The molecule has 1 heterocycles. The molecule has 136 valence electrons. The minimum absolute atomic E-state index is 0.245. The van der Waals surface area contributed by atoms with Crippen molar-refractivity contribution in [2.24, 2.45) is 0 Å². The zero-order valence-electron chi connectivity index (χ0n) is 14.5. The number of nitrogens with zero attached hydrogens (tertiary/aromatic N) is 1. The zero-order valence-corrected chi connectivity index (χ0v) is 16.1. The number of hydrogen-bond donors (Lipinski definition) is 1. The molecule has 1 aromatic carbocycles. The number of sulfonamides is 1. The molecule has 0 aliphatic carbocycles. The molecular weight excluding hydrogens is 360 g/mol. The van der Waals surface area contributed by atoms with Crippen LogP contribution in [0.25, 0.3) is 0 Å². The number of nitrogens with one attached hydrogen (secondary N) is 1. The SMILES string of the molecule is CCCN(CC(=O)Nc1ccccc1OC)S(=O)(=O)c1ccc(C)s1. The Morgan fingerprint density at radius 2 is 1.96 bits per heavy atom. The molecule has 1 aromatic heterocycles. The number of methoxy groups -OCH3 is 1. The molecule has 0 saturated heterocycles. The monoisotopic (exact) mass is 382 g/mol. The third-order valence-corrected chi connectivity index (χ3v) is 6.80. The average molecular weight is 383 g/mol. The molecule has 0 unspecified atom stereocenters. The van der Waals surface area contributed by atoms with Crippen LogP contribution in [-0.2, 0) is 14.8 Å². The Morgan fingerprint density at radius 1 is 1.24 bits per heavy atom. The Bertz CT molecular complexity index is 831. The van der Waals surface area contributed by atoms with Crippen LogP contribution in [0.15, 0.2) is 40.6 Å². The van der Waals surface area contributed by atoms with Crippen LogP contribution >= 0.6 is 11.3 Å². The van der Waals surface area contributed by atoms with E-state index in [9.17, 15) is 13.2 Å². The van der Waals surface area contributed by atoms with Crippen LogP contribution in [0.2, 0.25) is 0 Å². The molecule has 0 radical (unpaired) electrons. The normalized spacial score (nSPS) is 11.5. The molecule has 2 rings (SSSR count). The highest BCUT2D eigenvalue weighted by Crippen LogP contribution is 2.25. The highest BCUT2D eigenvalue weighted by Gasteiger charge is 2.27. The van der Waals surface area contributed by atoms with E-state index in [-0.39, 0.29) is 17.3 Å². The van der Waals surface area contributed by atoms with E-state index in [1.807, 2.05) is 13.8 Å². The molecule has 2 aromatic rings. The number of thiophene rings is 1. The van der Waals surface area contributed by atoms with Crippen LogP contribution in [0.5, 0.6) is 5.75 Å². The van der Waals surface area contributed by atoms with Crippen molar-refractivity contribution in [3.8, 4) is 5.75 Å². The lowest BCUT2D eigenvalue weighted by Crippen LogP contribution is -2.38. The molecule has 8 heteroatoms. The fourth-order valence-electron chi connectivity index (χ4n) is 2.31. The van der Waals surface area contributed by atoms with E-state index in [0.717, 1.165) is 4.88 Å². The number of carbonyl (C=O) groups is 1. The molecule has 0 fully saturated rings. The summed E-state index contributed by atoms with van der Waals surface area (Å²) in [6.07, 6.45) is 0.617. The van der Waals surface area contributed by atoms with Gasteiger partial charge < -0.3 is 10.1 Å². The van der Waals surface area contributed by atoms with Crippen molar-refractivity contribution in [1.29, 1.82) is 0 Å². The van der Waals surface area contributed by atoms with E-state index in [1.165, 1.54) is 22.8 Å². The molecule has 1 amide bonds. The standard InChI is InChI=1S/C17H22N2O4S2/c1-4-11-19(25(21,22)17-10-9-13(2)24-17)12-16(20)18-14-7-5-6-8-15(14)23-3/h5-10H,4,11-12H2,1-3H3,(H,18,20). The second-order valence-corrected chi connectivity index (χ2v) is 8.90. The lowest BCUT2D eigenvalue weighted by Gasteiger charge is -2.20. The fourth-order valence-corrected chi connectivity index (χ4v) is 5.24. The van der Waals surface area contributed by atoms with Crippen LogP contribution in [0.1, 0.15) is 18.2 Å². The maximum absolute atomic E-state index is 12.8. The summed E-state index contributed by atoms with van der Waals surface area (Å²) in [5.41, 5.74) is 0.510. The highest BCUT2D eigenvalue weighted by molar-refractivity contribution is 7.91. The van der Waals surface area contributed by atoms with Gasteiger partial charge in [-0.2, -0.15) is 4.31 Å². The van der Waals surface area contributed by atoms with E-state index < -0.39 is 15.9 Å². The molecule has 1 N–H and O–H groups in total. The lowest BCUT2D eigenvalue weighted by atomic mass is 10.3. The molecule has 0 spiro atoms. The number of para-hydroxylation sites is 2. The first kappa shape index (κ1) is 19.4. The van der Waals surface area contributed by atoms with Crippen molar-refractivity contribution >= 4 is 33.0 Å². The predicted octanol–water partition coefficient (Wildman–Crippen LogP) is 3.10. The highest BCUT2D eigenvalue weighted by atomic mass is 32.2. The van der Waals surface area contributed by atoms with Crippen molar-refractivity contribution in [1.82, 2.24) is 4.31 Å². The first-order chi connectivity index (χ1) is 11.9. The van der Waals surface area contributed by atoms with Crippen LogP contribution in [0.4, 0.5) is 5.69 Å². The van der Waals surface area contributed by atoms with Crippen molar-refractivity contribution in [2.45, 2.75) is 24.5 Å². The molecule has 0 saturated carbocycles. The van der Waals surface area contributed by atoms with E-state index in [0.29, 0.717) is 17.9 Å². The summed E-state index contributed by atoms with van der Waals surface area (Å²) < 4.78 is 32.2. The third kappa shape index (κ3) is 4.81. The largest absolute Gasteiger partial charge is 0.495 e. The van der Waals surface area contributed by atoms with Crippen molar-refractivity contribution in [3.05, 3.63) is 41.3 Å². The lowest BCUT2D eigenvalue weighted by molar-refractivity contribution is -0.116. The number of hydrogen-bond acceptors (Lipinski definition) is 5. The van der Waals surface area contributed by atoms with Gasteiger partial charge in [-0.05, 0) is 37.6 Å². The van der Waals surface area contributed by atoms with E-state index in [4.69, 9.17) is 4.74 Å². The number of benzene rings is 1. The Balaban J connectivity index is 2.17. The predicted molar refractivity (Wildman–Crippen MR) is 99.7 cm³/mol. The van der Waals surface area contributed by atoms with Gasteiger partial charge in [-0.25, -0.2) is 8.42 Å². The number of rotatable bonds is 8. The molecule has 6 nitrogen and oxygen atoms in total. The van der Waals surface area contributed by atoms with Crippen LogP contribution < -0.4 is 10.1 Å². The van der Waals surface area contributed by atoms with Gasteiger partial charge in [0, 0.05) is 11.4 Å². The Kier molecular flexibility index (Phi) is 6.57. The van der Waals surface area contributed by atoms with E-state index in [2.05, 4.69) is 5.32 Å². The van der Waals surface area contributed by atoms with E-state index >= 15 is 0 Å². The van der Waals surface area contributed by atoms with Gasteiger partial charge in [-0.3, -0.25) is 4.79 Å². The number of aryl methyl sites for hydroxylation is 1. The van der Waals surface area contributed by atoms with Crippen LogP contribution in [0, 0.1) is 6.92 Å². The summed E-state index contributed by atoms with van der Waals surface area (Å²) in [4.78, 5) is 13.3. The molecule has 0 aliphatic heterocycles. The molecular formula is C17H22N2O4S2. The Hall–Kier alpha value is -1.90. The zero-order chi connectivity index (χ0) is 18.4. The van der Waals surface area contributed by atoms with Gasteiger partial charge in [-0.15, -0.1) is 11.3 Å². The minimum atomic E-state index is -3.69. The number of ether oxygens (including phenoxy) is 1. The first-order valence-corrected chi connectivity index (χ1v) is 10.1. The molecule has 25 heavy (non-hydrogen) atoms. The maximum Gasteiger partial charge on any atom is 0.253 e. The summed E-state index contributed by atoms with van der Waals surface area (Å²) in [5, 5.41) is 2.71. The second-order valence-electron chi connectivity index (χ2n) is 5.45. The number of anilines is 1. The molecule has 0 atom stereocenters. The van der Waals surface area contributed by atoms with Gasteiger partial charge in [-0.1, -0.05) is 19.1 Å². The van der Waals surface area contributed by atoms with Crippen LogP contribution in [0.3, 0.4) is 0 Å². The van der Waals surface area contributed by atoms with E-state index in [1.54, 1.807) is 36.4 Å². The quantitative estimate of drug-likeness (QED) is 0.761. The number of amides is 1. The minimum Gasteiger partial charge on any atom is -0.495 e. The summed E-state index contributed by atoms with van der Waals surface area (Å²) in [7, 11) is -2.17. The first-order valence-electron chi connectivity index (χ1n) is 7.88. The summed E-state index contributed by atoms with van der Waals surface area (Å²) in [5.74, 6) is 0.115. The fraction of sp³-hybridized carbons (Fsp3) is 0.353. The topological polar surface area (TPSA) is 75.7 Å². The summed E-state index contributed by atoms with van der Waals surface area (Å²) in [6, 6.07) is 10.3. The van der Waals surface area contributed by atoms with Gasteiger partial charge in [0.15, 0.2) is 0 Å². The summed E-state index contributed by atoms with van der Waals surface area (Å²) in [6.45, 7) is 3.76. The Morgan fingerprint density at radius 3 is 2.56 bits per heavy atom. The third-order valence-electron chi connectivity index (χ3n) is 3.48. The van der Waals surface area contributed by atoms with Gasteiger partial charge in [0.05, 0.1) is 19.3 Å². The van der Waals surface area contributed by atoms with Gasteiger partial charge in [0.1, 0.15) is 9.96 Å². The van der Waals surface area contributed by atoms with Crippen molar-refractivity contribution in [3.63, 3.8) is 0 Å². The maximum atomic E-state index is 12.8. The molecule has 0 aliphatic rings. The van der Waals surface area contributed by atoms with Crippen molar-refractivity contribution in [2.75, 3.05) is 25.5 Å². The Labute approximate surface area is 152 Å². The summed E-state index contributed by atoms with van der Waals surface area (Å²) >= 11 is 1.20. The smallest absolute Gasteiger partial charge is 0.253 e. The van der Waals surface area contributed by atoms with Crippen LogP contribution in [-0.4, -0.2) is 38.8 Å². The van der Waals surface area contributed by atoms with Crippen molar-refractivity contribution < 1.29 is 17.9 Å². The van der Waals surface area contributed by atoms with Gasteiger partial charge in [0.2, 0.25) is 5.91 Å². The number of carbonyl (C=O) groups excluding carboxylic acids is 1. The van der Waals surface area contributed by atoms with Gasteiger partial charge >= 0.3 is 0 Å².